The van der Waals surface area contributed by atoms with E-state index >= 15 is 0 Å². The van der Waals surface area contributed by atoms with Crippen molar-refractivity contribution in [3.05, 3.63) is 23.0 Å². The molecule has 1 aliphatic heterocycles. The SMILES string of the molecule is Cc1c(N)c(C(=O)O)cc(N2CCN(C)CC2)c1F. The van der Waals surface area contributed by atoms with Crippen LogP contribution in [0.3, 0.4) is 0 Å². The first-order chi connectivity index (χ1) is 8.91. The van der Waals surface area contributed by atoms with Gasteiger partial charge in [-0.2, -0.15) is 0 Å². The van der Waals surface area contributed by atoms with Crippen LogP contribution in [0.5, 0.6) is 0 Å². The molecule has 1 aromatic rings. The van der Waals surface area contributed by atoms with Crippen molar-refractivity contribution in [2.75, 3.05) is 43.9 Å². The van der Waals surface area contributed by atoms with E-state index in [9.17, 15) is 9.18 Å². The second kappa shape index (κ2) is 5.05. The fourth-order valence-corrected chi connectivity index (χ4v) is 2.24. The van der Waals surface area contributed by atoms with Crippen LogP contribution in [-0.4, -0.2) is 49.2 Å². The molecule has 5 nitrogen and oxygen atoms in total. The molecular weight excluding hydrogens is 249 g/mol. The number of nitrogens with two attached hydrogens (primary N) is 1. The highest BCUT2D eigenvalue weighted by molar-refractivity contribution is 5.96. The Labute approximate surface area is 111 Å². The van der Waals surface area contributed by atoms with Crippen molar-refractivity contribution in [3.63, 3.8) is 0 Å². The van der Waals surface area contributed by atoms with Gasteiger partial charge < -0.3 is 20.6 Å². The van der Waals surface area contributed by atoms with E-state index in [0.29, 0.717) is 18.8 Å². The van der Waals surface area contributed by atoms with Gasteiger partial charge in [-0.05, 0) is 20.0 Å². The molecule has 19 heavy (non-hydrogen) atoms. The largest absolute Gasteiger partial charge is 0.478 e. The number of benzene rings is 1. The first-order valence-corrected chi connectivity index (χ1v) is 6.17. The number of halogens is 1. The monoisotopic (exact) mass is 267 g/mol. The fourth-order valence-electron chi connectivity index (χ4n) is 2.24. The Kier molecular flexibility index (Phi) is 3.61. The summed E-state index contributed by atoms with van der Waals surface area (Å²) in [5.74, 6) is -1.55. The number of nitrogens with zero attached hydrogens (tertiary/aromatic N) is 2. The van der Waals surface area contributed by atoms with E-state index in [-0.39, 0.29) is 16.8 Å². The summed E-state index contributed by atoms with van der Waals surface area (Å²) in [6.45, 7) is 4.51. The average molecular weight is 267 g/mol. The van der Waals surface area contributed by atoms with E-state index in [1.807, 2.05) is 11.9 Å². The van der Waals surface area contributed by atoms with E-state index in [2.05, 4.69) is 4.90 Å². The van der Waals surface area contributed by atoms with Crippen LogP contribution in [0.1, 0.15) is 15.9 Å². The summed E-state index contributed by atoms with van der Waals surface area (Å²) in [5.41, 5.74) is 6.16. The van der Waals surface area contributed by atoms with Crippen molar-refractivity contribution in [2.45, 2.75) is 6.92 Å². The number of carboxylic acids is 1. The second-order valence-electron chi connectivity index (χ2n) is 4.89. The van der Waals surface area contributed by atoms with Gasteiger partial charge in [0.05, 0.1) is 16.9 Å². The minimum Gasteiger partial charge on any atom is -0.478 e. The van der Waals surface area contributed by atoms with Gasteiger partial charge in [-0.3, -0.25) is 0 Å². The summed E-state index contributed by atoms with van der Waals surface area (Å²) in [5, 5.41) is 9.12. The summed E-state index contributed by atoms with van der Waals surface area (Å²) < 4.78 is 14.3. The maximum absolute atomic E-state index is 14.3. The molecule has 0 bridgehead atoms. The first kappa shape index (κ1) is 13.6. The molecule has 2 rings (SSSR count). The summed E-state index contributed by atoms with van der Waals surface area (Å²) >= 11 is 0. The Morgan fingerprint density at radius 1 is 1.37 bits per heavy atom. The third-order valence-electron chi connectivity index (χ3n) is 3.60. The number of anilines is 2. The minimum atomic E-state index is -1.13. The summed E-state index contributed by atoms with van der Waals surface area (Å²) in [6.07, 6.45) is 0. The average Bonchev–Trinajstić information content (AvgIpc) is 2.37. The van der Waals surface area contributed by atoms with Crippen LogP contribution in [0.25, 0.3) is 0 Å². The van der Waals surface area contributed by atoms with E-state index < -0.39 is 11.8 Å². The number of rotatable bonds is 2. The van der Waals surface area contributed by atoms with Gasteiger partial charge in [-0.25, -0.2) is 9.18 Å². The zero-order chi connectivity index (χ0) is 14.2. The number of piperazine rings is 1. The van der Waals surface area contributed by atoms with E-state index in [0.717, 1.165) is 13.1 Å². The van der Waals surface area contributed by atoms with Crippen molar-refractivity contribution >= 4 is 17.3 Å². The van der Waals surface area contributed by atoms with E-state index in [4.69, 9.17) is 10.8 Å². The topological polar surface area (TPSA) is 69.8 Å². The number of aromatic carboxylic acids is 1. The van der Waals surface area contributed by atoms with Gasteiger partial charge in [-0.15, -0.1) is 0 Å². The highest BCUT2D eigenvalue weighted by atomic mass is 19.1. The van der Waals surface area contributed by atoms with Gasteiger partial charge in [0.2, 0.25) is 0 Å². The zero-order valence-electron chi connectivity index (χ0n) is 11.1. The van der Waals surface area contributed by atoms with Gasteiger partial charge in [0.15, 0.2) is 5.82 Å². The van der Waals surface area contributed by atoms with Gasteiger partial charge >= 0.3 is 5.97 Å². The van der Waals surface area contributed by atoms with Crippen LogP contribution in [-0.2, 0) is 0 Å². The highest BCUT2D eigenvalue weighted by Gasteiger charge is 2.23. The van der Waals surface area contributed by atoms with Crippen LogP contribution in [0, 0.1) is 12.7 Å². The number of nitrogen functional groups attached to an aromatic ring is 1. The predicted molar refractivity (Wildman–Crippen MR) is 72.2 cm³/mol. The van der Waals surface area contributed by atoms with Crippen LogP contribution in [0.4, 0.5) is 15.8 Å². The Morgan fingerprint density at radius 3 is 2.47 bits per heavy atom. The number of hydrogen-bond acceptors (Lipinski definition) is 4. The molecule has 0 saturated carbocycles. The molecule has 1 aliphatic rings. The van der Waals surface area contributed by atoms with Crippen LogP contribution in [0.2, 0.25) is 0 Å². The zero-order valence-corrected chi connectivity index (χ0v) is 11.1. The maximum Gasteiger partial charge on any atom is 0.337 e. The van der Waals surface area contributed by atoms with Crippen LogP contribution < -0.4 is 10.6 Å². The smallest absolute Gasteiger partial charge is 0.337 e. The van der Waals surface area contributed by atoms with Gasteiger partial charge in [-0.1, -0.05) is 0 Å². The Balaban J connectivity index is 2.43. The normalized spacial score (nSPS) is 16.7. The predicted octanol–water partition coefficient (Wildman–Crippen LogP) is 1.17. The molecular formula is C13H18FN3O2. The lowest BCUT2D eigenvalue weighted by Gasteiger charge is -2.34. The molecule has 6 heteroatoms. The molecule has 0 amide bonds. The molecule has 1 fully saturated rings. The van der Waals surface area contributed by atoms with Gasteiger partial charge in [0.25, 0.3) is 0 Å². The van der Waals surface area contributed by atoms with Crippen molar-refractivity contribution in [2.24, 2.45) is 0 Å². The van der Waals surface area contributed by atoms with E-state index in [1.54, 1.807) is 0 Å². The molecule has 3 N–H and O–H groups in total. The van der Waals surface area contributed by atoms with Gasteiger partial charge in [0, 0.05) is 31.7 Å². The van der Waals surface area contributed by atoms with Crippen LogP contribution in [0.15, 0.2) is 6.07 Å². The molecule has 1 heterocycles. The lowest BCUT2D eigenvalue weighted by Crippen LogP contribution is -2.45. The number of likely N-dealkylation sites (N-methyl/N-ethyl adjacent to an activating group) is 1. The standard InChI is InChI=1S/C13H18FN3O2/c1-8-11(14)10(7-9(12(8)15)13(18)19)17-5-3-16(2)4-6-17/h7H,3-6,15H2,1-2H3,(H,18,19). The lowest BCUT2D eigenvalue weighted by molar-refractivity contribution is 0.0698. The molecule has 104 valence electrons. The third kappa shape index (κ3) is 2.49. The molecule has 0 atom stereocenters. The molecule has 0 aromatic heterocycles. The molecule has 0 aliphatic carbocycles. The second-order valence-corrected chi connectivity index (χ2v) is 4.89. The quantitative estimate of drug-likeness (QED) is 0.787. The molecule has 0 spiro atoms. The minimum absolute atomic E-state index is 0.00266. The summed E-state index contributed by atoms with van der Waals surface area (Å²) in [7, 11) is 2.00. The number of hydrogen-bond donors (Lipinski definition) is 2. The van der Waals surface area contributed by atoms with Crippen molar-refractivity contribution in [3.8, 4) is 0 Å². The molecule has 0 unspecified atom stereocenters. The highest BCUT2D eigenvalue weighted by Crippen LogP contribution is 2.30. The van der Waals surface area contributed by atoms with Crippen molar-refractivity contribution in [1.82, 2.24) is 4.90 Å². The maximum atomic E-state index is 14.3. The van der Waals surface area contributed by atoms with Crippen molar-refractivity contribution < 1.29 is 14.3 Å². The summed E-state index contributed by atoms with van der Waals surface area (Å²) in [6, 6.07) is 1.34. The number of carboxylic acid groups (broad SMARTS) is 1. The van der Waals surface area contributed by atoms with Crippen LogP contribution >= 0.6 is 0 Å². The first-order valence-electron chi connectivity index (χ1n) is 6.17. The van der Waals surface area contributed by atoms with E-state index in [1.165, 1.54) is 13.0 Å². The number of carbonyl (C=O) groups is 1. The molecule has 1 saturated heterocycles. The van der Waals surface area contributed by atoms with Gasteiger partial charge in [0.1, 0.15) is 0 Å². The molecule has 1 aromatic carbocycles. The summed E-state index contributed by atoms with van der Waals surface area (Å²) in [4.78, 5) is 15.2. The third-order valence-corrected chi connectivity index (χ3v) is 3.60. The fraction of sp³-hybridized carbons (Fsp3) is 0.462. The lowest BCUT2D eigenvalue weighted by atomic mass is 10.0. The Morgan fingerprint density at radius 2 is 1.95 bits per heavy atom. The molecule has 0 radical (unpaired) electrons. The Bertz CT molecular complexity index is 511. The Hall–Kier alpha value is -1.82. The van der Waals surface area contributed by atoms with Crippen molar-refractivity contribution in [1.29, 1.82) is 0 Å².